The fourth-order valence-corrected chi connectivity index (χ4v) is 8.25. The predicted octanol–water partition coefficient (Wildman–Crippen LogP) is 3.40. The lowest BCUT2D eigenvalue weighted by Gasteiger charge is -2.64. The summed E-state index contributed by atoms with van der Waals surface area (Å²) in [6.45, 7) is 11.5. The fraction of sp³-hybridized carbons (Fsp3) is 0.545. The number of hydrogen-bond acceptors (Lipinski definition) is 6. The number of benzene rings is 2. The van der Waals surface area contributed by atoms with Crippen LogP contribution in [-0.4, -0.2) is 87.1 Å². The molecule has 224 valence electrons. The summed E-state index contributed by atoms with van der Waals surface area (Å²) in [5.41, 5.74) is 8.38. The Balaban J connectivity index is 1.14. The molecule has 3 saturated carbocycles. The second-order valence-electron chi connectivity index (χ2n) is 13.3. The minimum Gasteiger partial charge on any atom is -0.394 e. The zero-order valence-electron chi connectivity index (χ0n) is 25.0. The van der Waals surface area contributed by atoms with Crippen LogP contribution in [-0.2, 0) is 0 Å². The van der Waals surface area contributed by atoms with Gasteiger partial charge in [-0.2, -0.15) is 0 Å². The number of carbonyl (C=O) groups is 2. The van der Waals surface area contributed by atoms with Gasteiger partial charge in [0.25, 0.3) is 11.8 Å². The van der Waals surface area contributed by atoms with Crippen molar-refractivity contribution in [3.8, 4) is 0 Å². The lowest BCUT2D eigenvalue weighted by Crippen LogP contribution is -2.65. The molecule has 3 aliphatic carbocycles. The summed E-state index contributed by atoms with van der Waals surface area (Å²) < 4.78 is 0. The van der Waals surface area contributed by atoms with E-state index in [0.717, 1.165) is 36.4 Å². The van der Waals surface area contributed by atoms with Gasteiger partial charge >= 0.3 is 0 Å². The number of imide groups is 1. The SMILES string of the molecule is C[C@H]1[C@@H](N2CCN(C(N)=Nc3ccc4c(c3)C(=O)N([C@@H](CO)[C@H](O)c3ccccc3)C4=O)C[C@@H]2C)C[C@@H]2C[C@@H]1C2(C)C. The Morgan fingerprint density at radius 2 is 1.76 bits per heavy atom. The van der Waals surface area contributed by atoms with Crippen molar-refractivity contribution < 1.29 is 19.8 Å². The minimum absolute atomic E-state index is 0.193. The molecule has 2 aromatic carbocycles. The van der Waals surface area contributed by atoms with Gasteiger partial charge in [0.2, 0.25) is 0 Å². The Hall–Kier alpha value is -3.27. The average Bonchev–Trinajstić information content (AvgIpc) is 3.22. The van der Waals surface area contributed by atoms with Crippen molar-refractivity contribution in [1.82, 2.24) is 14.7 Å². The van der Waals surface area contributed by atoms with Crippen LogP contribution in [0.5, 0.6) is 0 Å². The van der Waals surface area contributed by atoms with Gasteiger partial charge in [0.05, 0.1) is 29.5 Å². The maximum atomic E-state index is 13.4. The van der Waals surface area contributed by atoms with Crippen molar-refractivity contribution in [1.29, 1.82) is 0 Å². The van der Waals surface area contributed by atoms with Crippen LogP contribution >= 0.6 is 0 Å². The summed E-state index contributed by atoms with van der Waals surface area (Å²) in [5.74, 6) is 1.59. The number of guanidine groups is 1. The molecule has 2 aromatic rings. The van der Waals surface area contributed by atoms with Crippen LogP contribution in [0.2, 0.25) is 0 Å². The Bertz CT molecular complexity index is 1390. The van der Waals surface area contributed by atoms with Crippen molar-refractivity contribution in [2.75, 3.05) is 26.2 Å². The number of carbonyl (C=O) groups excluding carboxylic acids is 2. The van der Waals surface area contributed by atoms with Crippen molar-refractivity contribution >= 4 is 23.5 Å². The normalized spacial score (nSPS) is 30.6. The third-order valence-electron chi connectivity index (χ3n) is 10.9. The number of nitrogens with two attached hydrogens (primary N) is 1. The van der Waals surface area contributed by atoms with E-state index in [1.165, 1.54) is 12.8 Å². The highest BCUT2D eigenvalue weighted by Gasteiger charge is 2.57. The molecule has 0 aromatic heterocycles. The molecule has 4 N–H and O–H groups in total. The summed E-state index contributed by atoms with van der Waals surface area (Å²) in [4.78, 5) is 37.0. The van der Waals surface area contributed by atoms with Crippen LogP contribution in [0.4, 0.5) is 5.69 Å². The molecule has 2 heterocycles. The van der Waals surface area contributed by atoms with E-state index >= 15 is 0 Å². The maximum Gasteiger partial charge on any atom is 0.262 e. The van der Waals surface area contributed by atoms with Crippen molar-refractivity contribution in [3.63, 3.8) is 0 Å². The minimum atomic E-state index is -1.22. The molecule has 1 saturated heterocycles. The summed E-state index contributed by atoms with van der Waals surface area (Å²) in [5, 5.41) is 21.0. The molecule has 9 nitrogen and oxygen atoms in total. The molecule has 2 amide bonds. The number of nitrogens with zero attached hydrogens (tertiary/aromatic N) is 4. The number of piperazine rings is 1. The van der Waals surface area contributed by atoms with Gasteiger partial charge in [-0.25, -0.2) is 4.99 Å². The van der Waals surface area contributed by atoms with Gasteiger partial charge < -0.3 is 20.8 Å². The van der Waals surface area contributed by atoms with E-state index < -0.39 is 30.6 Å². The van der Waals surface area contributed by atoms with Crippen LogP contribution in [0.25, 0.3) is 0 Å². The van der Waals surface area contributed by atoms with Gasteiger partial charge in [0.15, 0.2) is 5.96 Å². The molecule has 4 fully saturated rings. The van der Waals surface area contributed by atoms with Gasteiger partial charge in [-0.1, -0.05) is 51.1 Å². The van der Waals surface area contributed by atoms with Crippen LogP contribution in [0.1, 0.15) is 72.9 Å². The molecule has 42 heavy (non-hydrogen) atoms. The lowest BCUT2D eigenvalue weighted by atomic mass is 9.44. The Morgan fingerprint density at radius 3 is 2.40 bits per heavy atom. The van der Waals surface area contributed by atoms with Crippen LogP contribution in [0.3, 0.4) is 0 Å². The predicted molar refractivity (Wildman–Crippen MR) is 161 cm³/mol. The van der Waals surface area contributed by atoms with Crippen molar-refractivity contribution in [2.45, 2.75) is 64.8 Å². The highest BCUT2D eigenvalue weighted by Crippen LogP contribution is 2.62. The van der Waals surface area contributed by atoms with E-state index in [1.807, 2.05) is 0 Å². The van der Waals surface area contributed by atoms with Gasteiger partial charge in [-0.15, -0.1) is 0 Å². The topological polar surface area (TPSA) is 123 Å². The number of hydrogen-bond donors (Lipinski definition) is 3. The first-order valence-corrected chi connectivity index (χ1v) is 15.2. The maximum absolute atomic E-state index is 13.4. The molecule has 7 atom stereocenters. The number of aliphatic hydroxyl groups excluding tert-OH is 2. The van der Waals surface area contributed by atoms with Crippen LogP contribution in [0.15, 0.2) is 53.5 Å². The summed E-state index contributed by atoms with van der Waals surface area (Å²) in [7, 11) is 0. The molecule has 0 radical (unpaired) electrons. The van der Waals surface area contributed by atoms with E-state index in [0.29, 0.717) is 40.6 Å². The van der Waals surface area contributed by atoms with E-state index in [2.05, 4.69) is 42.5 Å². The summed E-state index contributed by atoms with van der Waals surface area (Å²) in [6.07, 6.45) is 1.43. The average molecular weight is 574 g/mol. The summed E-state index contributed by atoms with van der Waals surface area (Å²) >= 11 is 0. The quantitative estimate of drug-likeness (QED) is 0.275. The largest absolute Gasteiger partial charge is 0.394 e. The smallest absolute Gasteiger partial charge is 0.262 e. The van der Waals surface area contributed by atoms with Gasteiger partial charge in [0.1, 0.15) is 6.10 Å². The van der Waals surface area contributed by atoms with Gasteiger partial charge in [-0.3, -0.25) is 19.4 Å². The summed E-state index contributed by atoms with van der Waals surface area (Å²) in [6, 6.07) is 13.4. The van der Waals surface area contributed by atoms with E-state index in [9.17, 15) is 19.8 Å². The fourth-order valence-electron chi connectivity index (χ4n) is 8.25. The molecule has 0 spiro atoms. The molecule has 7 rings (SSSR count). The van der Waals surface area contributed by atoms with E-state index in [-0.39, 0.29) is 11.1 Å². The van der Waals surface area contributed by atoms with Gasteiger partial charge in [-0.05, 0) is 66.7 Å². The van der Waals surface area contributed by atoms with E-state index in [1.54, 1.807) is 48.5 Å². The molecular formula is C33H43N5O4. The first kappa shape index (κ1) is 28.8. The number of rotatable bonds is 6. The molecular weight excluding hydrogens is 530 g/mol. The van der Waals surface area contributed by atoms with Crippen molar-refractivity contribution in [3.05, 3.63) is 65.2 Å². The second kappa shape index (κ2) is 10.8. The zero-order chi connectivity index (χ0) is 29.9. The molecule has 2 aliphatic heterocycles. The molecule has 5 aliphatic rings. The molecule has 2 bridgehead atoms. The monoisotopic (exact) mass is 573 g/mol. The number of aliphatic imine (C=N–C) groups is 1. The number of amides is 2. The lowest BCUT2D eigenvalue weighted by molar-refractivity contribution is -0.147. The molecule has 9 heteroatoms. The zero-order valence-corrected chi connectivity index (χ0v) is 25.0. The Labute approximate surface area is 248 Å². The third-order valence-corrected chi connectivity index (χ3v) is 10.9. The second-order valence-corrected chi connectivity index (χ2v) is 13.3. The van der Waals surface area contributed by atoms with Gasteiger partial charge in [0, 0.05) is 31.7 Å². The Morgan fingerprint density at radius 1 is 1.05 bits per heavy atom. The van der Waals surface area contributed by atoms with Crippen molar-refractivity contribution in [2.24, 2.45) is 33.9 Å². The third kappa shape index (κ3) is 4.62. The Kier molecular flexibility index (Phi) is 7.40. The highest BCUT2D eigenvalue weighted by atomic mass is 16.3. The first-order chi connectivity index (χ1) is 20.0. The number of aliphatic hydroxyl groups is 2. The first-order valence-electron chi connectivity index (χ1n) is 15.2. The van der Waals surface area contributed by atoms with Crippen LogP contribution in [0, 0.1) is 23.2 Å². The standard InChI is InChI=1S/C33H43N5O4/c1-19-17-36(12-13-37(19)27-15-22-14-26(20(27)2)33(22,3)4)32(34)35-23-10-11-24-25(16-23)31(42)38(30(24)41)28(18-39)29(40)21-8-6-5-7-9-21/h5-11,16,19-20,22,26-29,39-40H,12-15,17-18H2,1-4H3,(H2,34,35)/t19-,20+,22-,26-,27-,28-,29+/m0/s1. The molecule has 0 unspecified atom stereocenters. The van der Waals surface area contributed by atoms with E-state index in [4.69, 9.17) is 5.73 Å². The number of fused-ring (bicyclic) bond motifs is 3. The highest BCUT2D eigenvalue weighted by molar-refractivity contribution is 6.22. The van der Waals surface area contributed by atoms with Crippen LogP contribution < -0.4 is 5.73 Å².